The van der Waals surface area contributed by atoms with Crippen LogP contribution >= 0.6 is 0 Å². The van der Waals surface area contributed by atoms with Crippen LogP contribution in [0.15, 0.2) is 36.4 Å². The van der Waals surface area contributed by atoms with E-state index in [2.05, 4.69) is 41.3 Å². The van der Waals surface area contributed by atoms with Crippen molar-refractivity contribution in [2.24, 2.45) is 11.7 Å². The second kappa shape index (κ2) is 4.24. The number of nitrogens with two attached hydrogens (primary N) is 1. The van der Waals surface area contributed by atoms with Crippen LogP contribution < -0.4 is 10.6 Å². The summed E-state index contributed by atoms with van der Waals surface area (Å²) in [5, 5.41) is 2.70. The van der Waals surface area contributed by atoms with Gasteiger partial charge < -0.3 is 10.6 Å². The van der Waals surface area contributed by atoms with E-state index in [0.29, 0.717) is 6.54 Å². The predicted molar refractivity (Wildman–Crippen MR) is 80.3 cm³/mol. The molecule has 0 amide bonds. The smallest absolute Gasteiger partial charge is 0.0448 e. The molecule has 2 N–H and O–H groups in total. The first-order valence-corrected chi connectivity index (χ1v) is 7.34. The molecule has 4 rings (SSSR count). The lowest BCUT2D eigenvalue weighted by Crippen LogP contribution is -2.31. The van der Waals surface area contributed by atoms with Crippen LogP contribution in [0.5, 0.6) is 0 Å². The summed E-state index contributed by atoms with van der Waals surface area (Å²) in [4.78, 5) is 2.64. The van der Waals surface area contributed by atoms with E-state index >= 15 is 0 Å². The first-order valence-electron chi connectivity index (χ1n) is 7.34. The Morgan fingerprint density at radius 2 is 1.89 bits per heavy atom. The van der Waals surface area contributed by atoms with Crippen molar-refractivity contribution >= 4 is 16.5 Å². The molecule has 2 heteroatoms. The van der Waals surface area contributed by atoms with Crippen molar-refractivity contribution in [2.45, 2.75) is 31.8 Å². The molecule has 1 aliphatic heterocycles. The van der Waals surface area contributed by atoms with Gasteiger partial charge in [-0.2, -0.15) is 0 Å². The minimum absolute atomic E-state index is 0.618. The summed E-state index contributed by atoms with van der Waals surface area (Å²) in [6, 6.07) is 14.0. The Morgan fingerprint density at radius 1 is 1.05 bits per heavy atom. The van der Waals surface area contributed by atoms with Crippen LogP contribution in [0.1, 0.15) is 24.8 Å². The maximum Gasteiger partial charge on any atom is 0.0448 e. The third-order valence-corrected chi connectivity index (χ3v) is 4.93. The molecule has 1 saturated heterocycles. The molecule has 2 fully saturated rings. The number of nitrogens with zero attached hydrogens (tertiary/aromatic N) is 1. The van der Waals surface area contributed by atoms with E-state index in [0.717, 1.165) is 12.0 Å². The van der Waals surface area contributed by atoms with E-state index in [-0.39, 0.29) is 0 Å². The standard InChI is InChI=1S/C17H20N2/c18-10-13-6-8-17(16-4-2-1-3-15(13)16)19-11-12-5-7-14(19)9-12/h1-4,6,8,12,14H,5,7,9-11,18H2. The molecule has 0 radical (unpaired) electrons. The van der Waals surface area contributed by atoms with Gasteiger partial charge in [-0.3, -0.25) is 0 Å². The highest BCUT2D eigenvalue weighted by Gasteiger charge is 2.38. The van der Waals surface area contributed by atoms with Gasteiger partial charge in [0, 0.05) is 30.2 Å². The highest BCUT2D eigenvalue weighted by molar-refractivity contribution is 5.96. The van der Waals surface area contributed by atoms with Gasteiger partial charge >= 0.3 is 0 Å². The molecule has 2 atom stereocenters. The van der Waals surface area contributed by atoms with Gasteiger partial charge in [0.25, 0.3) is 0 Å². The Morgan fingerprint density at radius 3 is 2.58 bits per heavy atom. The summed E-state index contributed by atoms with van der Waals surface area (Å²) in [6.45, 7) is 1.86. The van der Waals surface area contributed by atoms with Crippen molar-refractivity contribution in [3.05, 3.63) is 42.0 Å². The molecule has 0 spiro atoms. The number of anilines is 1. The molecule has 2 unspecified atom stereocenters. The molecule has 1 aliphatic carbocycles. The van der Waals surface area contributed by atoms with Gasteiger partial charge in [0.15, 0.2) is 0 Å². The molecule has 2 nitrogen and oxygen atoms in total. The largest absolute Gasteiger partial charge is 0.368 e. The van der Waals surface area contributed by atoms with Gasteiger partial charge in [-0.25, -0.2) is 0 Å². The van der Waals surface area contributed by atoms with Crippen LogP contribution in [-0.2, 0) is 6.54 Å². The number of piperidine rings is 1. The lowest BCUT2D eigenvalue weighted by atomic mass is 10.0. The summed E-state index contributed by atoms with van der Waals surface area (Å²) >= 11 is 0. The second-order valence-corrected chi connectivity index (χ2v) is 5.98. The summed E-state index contributed by atoms with van der Waals surface area (Å²) in [5.74, 6) is 0.929. The van der Waals surface area contributed by atoms with Gasteiger partial charge in [0.05, 0.1) is 0 Å². The number of hydrogen-bond acceptors (Lipinski definition) is 2. The lowest BCUT2D eigenvalue weighted by molar-refractivity contribution is 0.554. The normalized spacial score (nSPS) is 25.4. The van der Waals surface area contributed by atoms with Crippen LogP contribution in [-0.4, -0.2) is 12.6 Å². The first kappa shape index (κ1) is 11.3. The van der Waals surface area contributed by atoms with Crippen LogP contribution in [0.4, 0.5) is 5.69 Å². The van der Waals surface area contributed by atoms with Crippen LogP contribution in [0.3, 0.4) is 0 Å². The lowest BCUT2D eigenvalue weighted by Gasteiger charge is -2.30. The molecule has 2 bridgehead atoms. The Labute approximate surface area is 114 Å². The first-order chi connectivity index (χ1) is 9.36. The average molecular weight is 252 g/mol. The van der Waals surface area contributed by atoms with Crippen molar-refractivity contribution in [3.63, 3.8) is 0 Å². The van der Waals surface area contributed by atoms with Gasteiger partial charge in [-0.05, 0) is 42.2 Å². The number of benzene rings is 2. The maximum atomic E-state index is 5.87. The van der Waals surface area contributed by atoms with Crippen molar-refractivity contribution in [2.75, 3.05) is 11.4 Å². The zero-order chi connectivity index (χ0) is 12.8. The Kier molecular flexibility index (Phi) is 2.52. The van der Waals surface area contributed by atoms with Gasteiger partial charge in [0.2, 0.25) is 0 Å². The van der Waals surface area contributed by atoms with Crippen molar-refractivity contribution in [1.29, 1.82) is 0 Å². The number of fused-ring (bicyclic) bond motifs is 3. The van der Waals surface area contributed by atoms with E-state index < -0.39 is 0 Å². The molecule has 1 saturated carbocycles. The number of hydrogen-bond donors (Lipinski definition) is 1. The summed E-state index contributed by atoms with van der Waals surface area (Å²) in [6.07, 6.45) is 4.20. The average Bonchev–Trinajstić information content (AvgIpc) is 3.08. The molecular formula is C17H20N2. The highest BCUT2D eigenvalue weighted by Crippen LogP contribution is 2.42. The summed E-state index contributed by atoms with van der Waals surface area (Å²) < 4.78 is 0. The number of rotatable bonds is 2. The molecule has 2 aromatic carbocycles. The summed E-state index contributed by atoms with van der Waals surface area (Å²) in [7, 11) is 0. The molecule has 2 aliphatic rings. The van der Waals surface area contributed by atoms with Crippen molar-refractivity contribution in [1.82, 2.24) is 0 Å². The molecule has 2 aromatic rings. The van der Waals surface area contributed by atoms with E-state index in [4.69, 9.17) is 5.73 Å². The quantitative estimate of drug-likeness (QED) is 0.888. The fourth-order valence-corrected chi connectivity index (χ4v) is 3.99. The molecule has 0 aromatic heterocycles. The van der Waals surface area contributed by atoms with Crippen LogP contribution in [0, 0.1) is 5.92 Å². The minimum Gasteiger partial charge on any atom is -0.368 e. The third-order valence-electron chi connectivity index (χ3n) is 4.93. The Bertz CT molecular complexity index is 620. The second-order valence-electron chi connectivity index (χ2n) is 5.98. The molecule has 1 heterocycles. The Hall–Kier alpha value is -1.54. The van der Waals surface area contributed by atoms with Crippen LogP contribution in [0.25, 0.3) is 10.8 Å². The van der Waals surface area contributed by atoms with E-state index in [1.807, 2.05) is 0 Å². The maximum absolute atomic E-state index is 5.87. The fourth-order valence-electron chi connectivity index (χ4n) is 3.99. The fraction of sp³-hybridized carbons (Fsp3) is 0.412. The minimum atomic E-state index is 0.618. The third kappa shape index (κ3) is 1.67. The van der Waals surface area contributed by atoms with Gasteiger partial charge in [-0.1, -0.05) is 30.3 Å². The van der Waals surface area contributed by atoms with Crippen LogP contribution in [0.2, 0.25) is 0 Å². The monoisotopic (exact) mass is 252 g/mol. The van der Waals surface area contributed by atoms with E-state index in [9.17, 15) is 0 Å². The zero-order valence-electron chi connectivity index (χ0n) is 11.2. The van der Waals surface area contributed by atoms with E-state index in [1.54, 1.807) is 0 Å². The van der Waals surface area contributed by atoms with E-state index in [1.165, 1.54) is 47.8 Å². The molecular weight excluding hydrogens is 232 g/mol. The molecule has 19 heavy (non-hydrogen) atoms. The SMILES string of the molecule is NCc1ccc(N2CC3CCC2C3)c2ccccc12. The molecule has 98 valence electrons. The van der Waals surface area contributed by atoms with Gasteiger partial charge in [0.1, 0.15) is 0 Å². The highest BCUT2D eigenvalue weighted by atomic mass is 15.2. The topological polar surface area (TPSA) is 29.3 Å². The zero-order valence-corrected chi connectivity index (χ0v) is 11.2. The summed E-state index contributed by atoms with van der Waals surface area (Å²) in [5.41, 5.74) is 8.54. The predicted octanol–water partition coefficient (Wildman–Crippen LogP) is 3.29. The Balaban J connectivity index is 1.86. The van der Waals surface area contributed by atoms with Crippen molar-refractivity contribution in [3.8, 4) is 0 Å². The van der Waals surface area contributed by atoms with Gasteiger partial charge in [-0.15, -0.1) is 0 Å². The van der Waals surface area contributed by atoms with Crippen molar-refractivity contribution < 1.29 is 0 Å².